The fourth-order valence-electron chi connectivity index (χ4n) is 0.788. The molecule has 0 fully saturated rings. The highest BCUT2D eigenvalue weighted by Gasteiger charge is 2.00. The fourth-order valence-corrected chi connectivity index (χ4v) is 2.24. The summed E-state index contributed by atoms with van der Waals surface area (Å²) in [5, 5.41) is 5.40. The number of hydrogen-bond acceptors (Lipinski definition) is 4. The number of isocyanates is 1. The van der Waals surface area contributed by atoms with Crippen molar-refractivity contribution in [3.8, 4) is 0 Å². The normalized spacial score (nSPS) is 10.5. The lowest BCUT2D eigenvalue weighted by Crippen LogP contribution is -1.73. The van der Waals surface area contributed by atoms with Crippen molar-refractivity contribution in [2.24, 2.45) is 0 Å². The van der Waals surface area contributed by atoms with Gasteiger partial charge in [-0.05, 0) is 16.9 Å². The van der Waals surface area contributed by atoms with Gasteiger partial charge >= 0.3 is 0 Å². The molecule has 1 atom stereocenters. The van der Waals surface area contributed by atoms with E-state index in [0.29, 0.717) is 4.91 Å². The first kappa shape index (κ1) is 13.9. The Balaban J connectivity index is 0.000000583. The minimum atomic E-state index is -2.51. The summed E-state index contributed by atoms with van der Waals surface area (Å²) in [7, 11) is -2.51. The van der Waals surface area contributed by atoms with Crippen molar-refractivity contribution in [2.45, 2.75) is 0 Å². The number of hydrogen-bond donors (Lipinski definition) is 2. The maximum atomic E-state index is 10.5. The van der Waals surface area contributed by atoms with Crippen LogP contribution in [-0.2, 0) is 9.36 Å². The molecule has 1 aromatic carbocycles. The van der Waals surface area contributed by atoms with E-state index in [4.69, 9.17) is 15.1 Å². The van der Waals surface area contributed by atoms with Gasteiger partial charge in [0, 0.05) is 4.91 Å². The standard InChI is InChI=1S/C8H9O2PS.CHNO/c1-7(12-11(9)10)8-5-3-2-4-6-8;2-1-3/h2-6,11H,1H2,(H,9,10);2H. The van der Waals surface area contributed by atoms with E-state index >= 15 is 0 Å². The molecule has 80 valence electrons. The molecular formula is C9H10NO3PS. The molecule has 1 unspecified atom stereocenters. The molecule has 0 aliphatic carbocycles. The summed E-state index contributed by atoms with van der Waals surface area (Å²) < 4.78 is 10.5. The molecule has 2 N–H and O–H groups in total. The smallest absolute Gasteiger partial charge is 0.248 e. The Labute approximate surface area is 92.1 Å². The first-order chi connectivity index (χ1) is 7.11. The molecule has 0 saturated heterocycles. The minimum Gasteiger partial charge on any atom is -0.339 e. The molecule has 0 amide bonds. The predicted molar refractivity (Wildman–Crippen MR) is 62.7 cm³/mol. The van der Waals surface area contributed by atoms with Gasteiger partial charge in [0.2, 0.25) is 13.3 Å². The molecule has 0 heterocycles. The van der Waals surface area contributed by atoms with E-state index < -0.39 is 7.23 Å². The van der Waals surface area contributed by atoms with Gasteiger partial charge in [0.15, 0.2) is 0 Å². The Morgan fingerprint density at radius 1 is 1.47 bits per heavy atom. The highest BCUT2D eigenvalue weighted by Crippen LogP contribution is 2.43. The summed E-state index contributed by atoms with van der Waals surface area (Å²) in [6.45, 7) is 3.69. The van der Waals surface area contributed by atoms with Crippen LogP contribution in [0.4, 0.5) is 0 Å². The van der Waals surface area contributed by atoms with Gasteiger partial charge in [-0.1, -0.05) is 36.9 Å². The zero-order chi connectivity index (χ0) is 11.7. The number of rotatable bonds is 3. The van der Waals surface area contributed by atoms with Gasteiger partial charge in [-0.25, -0.2) is 10.2 Å². The molecular weight excluding hydrogens is 233 g/mol. The van der Waals surface area contributed by atoms with Crippen LogP contribution >= 0.6 is 18.6 Å². The average molecular weight is 243 g/mol. The van der Waals surface area contributed by atoms with Gasteiger partial charge in [0.1, 0.15) is 0 Å². The highest BCUT2D eigenvalue weighted by atomic mass is 32.7. The third-order valence-electron chi connectivity index (χ3n) is 1.31. The molecule has 0 aliphatic heterocycles. The van der Waals surface area contributed by atoms with Crippen molar-refractivity contribution in [2.75, 3.05) is 0 Å². The van der Waals surface area contributed by atoms with Crippen LogP contribution in [0.25, 0.3) is 4.91 Å². The molecule has 0 aromatic heterocycles. The van der Waals surface area contributed by atoms with E-state index in [9.17, 15) is 4.57 Å². The average Bonchev–Trinajstić information content (AvgIpc) is 2.19. The van der Waals surface area contributed by atoms with Gasteiger partial charge in [0.05, 0.1) is 0 Å². The van der Waals surface area contributed by atoms with Crippen LogP contribution in [0.15, 0.2) is 36.9 Å². The quantitative estimate of drug-likeness (QED) is 0.486. The van der Waals surface area contributed by atoms with Crippen molar-refractivity contribution in [3.05, 3.63) is 42.5 Å². The Morgan fingerprint density at radius 3 is 2.33 bits per heavy atom. The van der Waals surface area contributed by atoms with Crippen molar-refractivity contribution in [1.82, 2.24) is 0 Å². The van der Waals surface area contributed by atoms with Crippen LogP contribution in [0.3, 0.4) is 0 Å². The van der Waals surface area contributed by atoms with E-state index in [1.165, 1.54) is 0 Å². The van der Waals surface area contributed by atoms with Crippen LogP contribution in [0.2, 0.25) is 0 Å². The van der Waals surface area contributed by atoms with Gasteiger partial charge in [-0.2, -0.15) is 0 Å². The molecule has 0 saturated carbocycles. The number of carbonyl (C=O) groups excluding carboxylic acids is 1. The molecule has 0 aliphatic rings. The van der Waals surface area contributed by atoms with Crippen LogP contribution < -0.4 is 0 Å². The first-order valence-electron chi connectivity index (χ1n) is 3.80. The molecule has 0 radical (unpaired) electrons. The molecule has 0 spiro atoms. The largest absolute Gasteiger partial charge is 0.339 e. The lowest BCUT2D eigenvalue weighted by atomic mass is 10.2. The van der Waals surface area contributed by atoms with E-state index in [1.54, 1.807) is 0 Å². The predicted octanol–water partition coefficient (Wildman–Crippen LogP) is 2.67. The Morgan fingerprint density at radius 2 is 1.93 bits per heavy atom. The summed E-state index contributed by atoms with van der Waals surface area (Å²) in [6.07, 6.45) is 0.750. The van der Waals surface area contributed by atoms with E-state index in [2.05, 4.69) is 6.58 Å². The third-order valence-corrected chi connectivity index (χ3v) is 3.23. The Kier molecular flexibility index (Phi) is 7.60. The molecule has 4 nitrogen and oxygen atoms in total. The monoisotopic (exact) mass is 243 g/mol. The number of benzene rings is 1. The third kappa shape index (κ3) is 6.89. The van der Waals surface area contributed by atoms with E-state index in [1.807, 2.05) is 30.3 Å². The summed E-state index contributed by atoms with van der Waals surface area (Å²) in [5.41, 5.74) is 0.898. The summed E-state index contributed by atoms with van der Waals surface area (Å²) >= 11 is 0.915. The zero-order valence-corrected chi connectivity index (χ0v) is 9.58. The van der Waals surface area contributed by atoms with Crippen LogP contribution in [0.5, 0.6) is 0 Å². The molecule has 1 aromatic rings. The van der Waals surface area contributed by atoms with E-state index in [0.717, 1.165) is 23.0 Å². The minimum absolute atomic E-state index is 0.641. The zero-order valence-electron chi connectivity index (χ0n) is 7.77. The van der Waals surface area contributed by atoms with Crippen molar-refractivity contribution >= 4 is 29.6 Å². The SMILES string of the molecule is C=C(S[PH](=O)O)c1ccccc1.N=C=O. The topological polar surface area (TPSA) is 78.2 Å². The van der Waals surface area contributed by atoms with Crippen LogP contribution in [0.1, 0.15) is 5.56 Å². The fraction of sp³-hybridized carbons (Fsp3) is 0. The second-order valence-electron chi connectivity index (χ2n) is 2.26. The van der Waals surface area contributed by atoms with E-state index in [-0.39, 0.29) is 0 Å². The summed E-state index contributed by atoms with van der Waals surface area (Å²) in [5.74, 6) is 0. The highest BCUT2D eigenvalue weighted by molar-refractivity contribution is 8.54. The second kappa shape index (κ2) is 8.21. The lowest BCUT2D eigenvalue weighted by molar-refractivity contribution is 0.520. The van der Waals surface area contributed by atoms with Gasteiger partial charge in [0.25, 0.3) is 0 Å². The van der Waals surface area contributed by atoms with Crippen molar-refractivity contribution in [1.29, 1.82) is 5.41 Å². The van der Waals surface area contributed by atoms with Gasteiger partial charge in [-0.3, -0.25) is 4.57 Å². The molecule has 15 heavy (non-hydrogen) atoms. The summed E-state index contributed by atoms with van der Waals surface area (Å²) in [6, 6.07) is 9.36. The molecule has 0 bridgehead atoms. The van der Waals surface area contributed by atoms with Crippen LogP contribution in [-0.4, -0.2) is 11.0 Å². The van der Waals surface area contributed by atoms with Gasteiger partial charge in [-0.15, -0.1) is 0 Å². The van der Waals surface area contributed by atoms with Crippen molar-refractivity contribution < 1.29 is 14.3 Å². The molecule has 6 heteroatoms. The van der Waals surface area contributed by atoms with Gasteiger partial charge < -0.3 is 4.89 Å². The summed E-state index contributed by atoms with van der Waals surface area (Å²) in [4.78, 5) is 17.6. The van der Waals surface area contributed by atoms with Crippen molar-refractivity contribution in [3.63, 3.8) is 0 Å². The number of nitrogens with one attached hydrogen (secondary N) is 1. The Hall–Kier alpha value is -1.12. The maximum Gasteiger partial charge on any atom is 0.248 e. The second-order valence-corrected chi connectivity index (χ2v) is 5.15. The molecule has 1 rings (SSSR count). The maximum absolute atomic E-state index is 10.5. The Bertz CT molecular complexity index is 374. The first-order valence-corrected chi connectivity index (χ1v) is 6.70. The van der Waals surface area contributed by atoms with Crippen LogP contribution in [0, 0.1) is 5.41 Å². The lowest BCUT2D eigenvalue weighted by Gasteiger charge is -2.00.